The van der Waals surface area contributed by atoms with Gasteiger partial charge in [-0.1, -0.05) is 25.2 Å². The molecule has 2 aromatic heterocycles. The number of H-pyrrole nitrogens is 1. The van der Waals surface area contributed by atoms with Crippen molar-refractivity contribution < 1.29 is 9.53 Å². The van der Waals surface area contributed by atoms with Crippen LogP contribution in [0.2, 0.25) is 25.2 Å². The van der Waals surface area contributed by atoms with Crippen molar-refractivity contribution in [2.75, 3.05) is 0 Å². The second-order valence-corrected chi connectivity index (χ2v) is 13.3. The summed E-state index contributed by atoms with van der Waals surface area (Å²) in [6, 6.07) is 8.63. The zero-order chi connectivity index (χ0) is 16.7. The standard InChI is InChI=1S/C18H25N3O2Si/c1-24(2)9-7-13(8-10-24)19-18(22)15-11-12-3-6-16(21-17(12)20-15)23-14-4-5-14/h3,6,11,13-14H,4-5,7-10H2,1-2H3,(H,19,22)(H,20,21). The van der Waals surface area contributed by atoms with Gasteiger partial charge >= 0.3 is 0 Å². The van der Waals surface area contributed by atoms with Gasteiger partial charge in [-0.2, -0.15) is 4.98 Å². The highest BCUT2D eigenvalue weighted by Crippen LogP contribution is 2.29. The normalized spacial score (nSPS) is 20.9. The zero-order valence-electron chi connectivity index (χ0n) is 14.4. The molecule has 24 heavy (non-hydrogen) atoms. The molecular weight excluding hydrogens is 318 g/mol. The molecule has 1 saturated heterocycles. The lowest BCUT2D eigenvalue weighted by Gasteiger charge is -2.33. The fourth-order valence-electron chi connectivity index (χ4n) is 3.34. The summed E-state index contributed by atoms with van der Waals surface area (Å²) in [6.45, 7) is 4.88. The zero-order valence-corrected chi connectivity index (χ0v) is 15.4. The first-order chi connectivity index (χ1) is 11.5. The van der Waals surface area contributed by atoms with E-state index < -0.39 is 8.07 Å². The van der Waals surface area contributed by atoms with Crippen molar-refractivity contribution in [3.05, 3.63) is 23.9 Å². The number of fused-ring (bicyclic) bond motifs is 1. The summed E-state index contributed by atoms with van der Waals surface area (Å²) in [6.07, 6.45) is 4.77. The van der Waals surface area contributed by atoms with Crippen LogP contribution >= 0.6 is 0 Å². The van der Waals surface area contributed by atoms with E-state index in [1.165, 1.54) is 12.1 Å². The van der Waals surface area contributed by atoms with E-state index in [0.29, 0.717) is 23.7 Å². The van der Waals surface area contributed by atoms with E-state index in [9.17, 15) is 4.79 Å². The Morgan fingerprint density at radius 3 is 2.71 bits per heavy atom. The highest BCUT2D eigenvalue weighted by Gasteiger charge is 2.29. The van der Waals surface area contributed by atoms with Gasteiger partial charge in [0.2, 0.25) is 5.88 Å². The van der Waals surface area contributed by atoms with Crippen molar-refractivity contribution >= 4 is 25.0 Å². The van der Waals surface area contributed by atoms with Crippen molar-refractivity contribution in [1.82, 2.24) is 15.3 Å². The lowest BCUT2D eigenvalue weighted by molar-refractivity contribution is 0.0929. The van der Waals surface area contributed by atoms with Crippen LogP contribution in [0.1, 0.15) is 36.2 Å². The first-order valence-corrected chi connectivity index (χ1v) is 12.4. The van der Waals surface area contributed by atoms with Crippen molar-refractivity contribution in [3.63, 3.8) is 0 Å². The maximum Gasteiger partial charge on any atom is 0.267 e. The summed E-state index contributed by atoms with van der Waals surface area (Å²) in [5.74, 6) is 0.613. The molecule has 1 saturated carbocycles. The number of aromatic amines is 1. The number of nitrogens with one attached hydrogen (secondary N) is 2. The molecule has 1 amide bonds. The summed E-state index contributed by atoms with van der Waals surface area (Å²) in [5, 5.41) is 4.13. The minimum Gasteiger partial charge on any atom is -0.474 e. The number of pyridine rings is 1. The molecule has 128 valence electrons. The van der Waals surface area contributed by atoms with Gasteiger partial charge in [-0.3, -0.25) is 4.79 Å². The fourth-order valence-corrected chi connectivity index (χ4v) is 5.85. The molecule has 5 nitrogen and oxygen atoms in total. The van der Waals surface area contributed by atoms with E-state index in [0.717, 1.165) is 36.7 Å². The molecule has 0 bridgehead atoms. The Morgan fingerprint density at radius 2 is 2.00 bits per heavy atom. The van der Waals surface area contributed by atoms with Crippen LogP contribution in [0, 0.1) is 0 Å². The van der Waals surface area contributed by atoms with E-state index in [4.69, 9.17) is 4.74 Å². The molecule has 0 unspecified atom stereocenters. The summed E-state index contributed by atoms with van der Waals surface area (Å²) in [7, 11) is -0.987. The van der Waals surface area contributed by atoms with Crippen molar-refractivity contribution in [2.45, 2.75) is 63.0 Å². The monoisotopic (exact) mass is 343 g/mol. The SMILES string of the molecule is C[Si]1(C)CCC(NC(=O)c2cc3ccc(OC4CC4)nc3[nH]2)CC1. The predicted molar refractivity (Wildman–Crippen MR) is 97.3 cm³/mol. The summed E-state index contributed by atoms with van der Waals surface area (Å²) >= 11 is 0. The van der Waals surface area contributed by atoms with Crippen LogP contribution in [0.25, 0.3) is 11.0 Å². The Balaban J connectivity index is 1.44. The van der Waals surface area contributed by atoms with E-state index in [2.05, 4.69) is 28.4 Å². The highest BCUT2D eigenvalue weighted by atomic mass is 28.3. The Kier molecular flexibility index (Phi) is 3.87. The van der Waals surface area contributed by atoms with Gasteiger partial charge in [-0.05, 0) is 37.8 Å². The first-order valence-electron chi connectivity index (χ1n) is 8.96. The lowest BCUT2D eigenvalue weighted by Crippen LogP contribution is -2.42. The Labute approximate surface area is 143 Å². The van der Waals surface area contributed by atoms with Gasteiger partial charge in [0.1, 0.15) is 17.4 Å². The number of amides is 1. The molecule has 0 radical (unpaired) electrons. The number of hydrogen-bond acceptors (Lipinski definition) is 3. The van der Waals surface area contributed by atoms with Gasteiger partial charge in [0.15, 0.2) is 0 Å². The Bertz CT molecular complexity index is 757. The predicted octanol–water partition coefficient (Wildman–Crippen LogP) is 3.70. The molecular formula is C18H25N3O2Si. The minimum absolute atomic E-state index is 0.0240. The average molecular weight is 344 g/mol. The number of carbonyl (C=O) groups is 1. The Morgan fingerprint density at radius 1 is 1.25 bits per heavy atom. The van der Waals surface area contributed by atoms with Gasteiger partial charge in [0, 0.05) is 25.6 Å². The summed E-state index contributed by atoms with van der Waals surface area (Å²) in [5.41, 5.74) is 1.30. The molecule has 0 aromatic carbocycles. The average Bonchev–Trinajstić information content (AvgIpc) is 3.24. The molecule has 0 spiro atoms. The molecule has 1 aliphatic carbocycles. The fraction of sp³-hybridized carbons (Fsp3) is 0.556. The summed E-state index contributed by atoms with van der Waals surface area (Å²) in [4.78, 5) is 20.1. The molecule has 6 heteroatoms. The molecule has 2 aliphatic rings. The van der Waals surface area contributed by atoms with E-state index in [1.807, 2.05) is 18.2 Å². The van der Waals surface area contributed by atoms with Gasteiger partial charge in [-0.25, -0.2) is 0 Å². The Hall–Kier alpha value is -1.82. The van der Waals surface area contributed by atoms with Crippen LogP contribution in [0.5, 0.6) is 5.88 Å². The number of ether oxygens (including phenoxy) is 1. The number of carbonyl (C=O) groups excluding carboxylic acids is 1. The van der Waals surface area contributed by atoms with Crippen LogP contribution < -0.4 is 10.1 Å². The van der Waals surface area contributed by atoms with Crippen LogP contribution in [-0.2, 0) is 0 Å². The number of hydrogen-bond donors (Lipinski definition) is 2. The smallest absolute Gasteiger partial charge is 0.267 e. The third-order valence-electron chi connectivity index (χ3n) is 5.18. The van der Waals surface area contributed by atoms with Crippen molar-refractivity contribution in [3.8, 4) is 5.88 Å². The number of aromatic nitrogens is 2. The van der Waals surface area contributed by atoms with E-state index in [1.54, 1.807) is 0 Å². The second kappa shape index (κ2) is 5.92. The maximum absolute atomic E-state index is 12.5. The van der Waals surface area contributed by atoms with Crippen LogP contribution in [0.3, 0.4) is 0 Å². The third-order valence-corrected chi connectivity index (χ3v) is 8.47. The van der Waals surface area contributed by atoms with Gasteiger partial charge < -0.3 is 15.0 Å². The number of nitrogens with zero attached hydrogens (tertiary/aromatic N) is 1. The molecule has 2 fully saturated rings. The van der Waals surface area contributed by atoms with Crippen molar-refractivity contribution in [1.29, 1.82) is 0 Å². The quantitative estimate of drug-likeness (QED) is 0.832. The van der Waals surface area contributed by atoms with Crippen molar-refractivity contribution in [2.24, 2.45) is 0 Å². The minimum atomic E-state index is -0.987. The molecule has 1 aliphatic heterocycles. The van der Waals surface area contributed by atoms with Gasteiger partial charge in [0.25, 0.3) is 5.91 Å². The molecule has 3 heterocycles. The molecule has 2 aromatic rings. The number of rotatable bonds is 4. The van der Waals surface area contributed by atoms with Crippen LogP contribution in [-0.4, -0.2) is 36.1 Å². The first kappa shape index (κ1) is 15.7. The summed E-state index contributed by atoms with van der Waals surface area (Å²) < 4.78 is 5.72. The molecule has 2 N–H and O–H groups in total. The molecule has 0 atom stereocenters. The topological polar surface area (TPSA) is 67.0 Å². The van der Waals surface area contributed by atoms with Gasteiger partial charge in [-0.15, -0.1) is 0 Å². The van der Waals surface area contributed by atoms with E-state index in [-0.39, 0.29) is 5.91 Å². The maximum atomic E-state index is 12.5. The third kappa shape index (κ3) is 3.48. The van der Waals surface area contributed by atoms with Crippen LogP contribution in [0.4, 0.5) is 0 Å². The molecule has 4 rings (SSSR count). The van der Waals surface area contributed by atoms with Gasteiger partial charge in [0.05, 0.1) is 0 Å². The second-order valence-electron chi connectivity index (χ2n) is 8.00. The van der Waals surface area contributed by atoms with Crippen LogP contribution in [0.15, 0.2) is 18.2 Å². The largest absolute Gasteiger partial charge is 0.474 e. The van der Waals surface area contributed by atoms with E-state index >= 15 is 0 Å². The lowest BCUT2D eigenvalue weighted by atomic mass is 10.1. The highest BCUT2D eigenvalue weighted by molar-refractivity contribution is 6.77.